The normalized spacial score (nSPS) is 17.0. The standard InChI is InChI=1S/C29H27FN4O3/c1-4-31-26-25-27(34(32-26)19-13-11-18(30)12-14-19)36-24-17-20(33(5-2)6-3)15-16-23(24)29(25)22-10-8-7-9-21(22)28(35)37-29/h7-17H,4-6H2,1-3H3,(H,31,32). The molecule has 2 aliphatic heterocycles. The molecule has 0 saturated heterocycles. The maximum Gasteiger partial charge on any atom is 0.340 e. The van der Waals surface area contributed by atoms with E-state index in [1.807, 2.05) is 43.3 Å². The van der Waals surface area contributed by atoms with Gasteiger partial charge in [0.1, 0.15) is 17.1 Å². The Hall–Kier alpha value is -4.33. The number of hydrogen-bond acceptors (Lipinski definition) is 6. The van der Waals surface area contributed by atoms with Crippen molar-refractivity contribution < 1.29 is 18.7 Å². The summed E-state index contributed by atoms with van der Waals surface area (Å²) in [6.07, 6.45) is 0. The van der Waals surface area contributed by atoms with Crippen LogP contribution in [0.1, 0.15) is 47.8 Å². The van der Waals surface area contributed by atoms with E-state index < -0.39 is 11.6 Å². The van der Waals surface area contributed by atoms with Crippen LogP contribution in [0.5, 0.6) is 11.6 Å². The lowest BCUT2D eigenvalue weighted by Gasteiger charge is -2.36. The van der Waals surface area contributed by atoms with Crippen molar-refractivity contribution in [2.24, 2.45) is 0 Å². The van der Waals surface area contributed by atoms with Gasteiger partial charge in [-0.15, -0.1) is 5.10 Å². The van der Waals surface area contributed by atoms with Gasteiger partial charge in [-0.25, -0.2) is 9.18 Å². The minimum absolute atomic E-state index is 0.345. The number of hydrogen-bond donors (Lipinski definition) is 1. The molecule has 0 radical (unpaired) electrons. The number of halogens is 1. The SMILES string of the molecule is CCNc1nn(-c2ccc(F)cc2)c2c1C1(OC(=O)c3ccccc31)c1ccc(N(CC)CC)cc1O2. The number of fused-ring (bicyclic) bond motifs is 6. The Morgan fingerprint density at radius 1 is 1.00 bits per heavy atom. The Labute approximate surface area is 214 Å². The lowest BCUT2D eigenvalue weighted by Crippen LogP contribution is -2.34. The number of carbonyl (C=O) groups excluding carboxylic acids is 1. The van der Waals surface area contributed by atoms with E-state index in [4.69, 9.17) is 14.6 Å². The van der Waals surface area contributed by atoms with Crippen LogP contribution in [-0.2, 0) is 10.3 Å². The predicted octanol–water partition coefficient (Wildman–Crippen LogP) is 5.86. The van der Waals surface area contributed by atoms with Crippen LogP contribution >= 0.6 is 0 Å². The molecule has 3 aromatic carbocycles. The second-order valence-corrected chi connectivity index (χ2v) is 9.02. The highest BCUT2D eigenvalue weighted by Gasteiger charge is 2.56. The fourth-order valence-electron chi connectivity index (χ4n) is 5.38. The zero-order valence-electron chi connectivity index (χ0n) is 20.9. The lowest BCUT2D eigenvalue weighted by molar-refractivity contribution is 0.0225. The van der Waals surface area contributed by atoms with Crippen molar-refractivity contribution >= 4 is 17.5 Å². The van der Waals surface area contributed by atoms with Gasteiger partial charge in [-0.05, 0) is 63.2 Å². The minimum atomic E-state index is -1.26. The van der Waals surface area contributed by atoms with Crippen LogP contribution in [0.3, 0.4) is 0 Å². The molecule has 0 amide bonds. The van der Waals surface area contributed by atoms with E-state index in [0.717, 1.165) is 29.9 Å². The fourth-order valence-corrected chi connectivity index (χ4v) is 5.38. The summed E-state index contributed by atoms with van der Waals surface area (Å²) in [5, 5.41) is 8.15. The van der Waals surface area contributed by atoms with Crippen LogP contribution in [0, 0.1) is 5.82 Å². The smallest absolute Gasteiger partial charge is 0.340 e. The van der Waals surface area contributed by atoms with Gasteiger partial charge in [-0.1, -0.05) is 18.2 Å². The minimum Gasteiger partial charge on any atom is -0.440 e. The molecule has 1 spiro atoms. The van der Waals surface area contributed by atoms with Crippen LogP contribution in [0.4, 0.5) is 15.9 Å². The van der Waals surface area contributed by atoms with Gasteiger partial charge in [0.2, 0.25) is 11.5 Å². The molecule has 37 heavy (non-hydrogen) atoms. The second-order valence-electron chi connectivity index (χ2n) is 9.02. The topological polar surface area (TPSA) is 68.6 Å². The molecule has 0 saturated carbocycles. The first-order valence-electron chi connectivity index (χ1n) is 12.5. The van der Waals surface area contributed by atoms with E-state index in [0.29, 0.717) is 40.8 Å². The molecule has 1 atom stereocenters. The molecule has 3 heterocycles. The fraction of sp³-hybridized carbons (Fsp3) is 0.241. The average Bonchev–Trinajstić information content (AvgIpc) is 3.42. The Bertz CT molecular complexity index is 1510. The second kappa shape index (κ2) is 8.65. The first kappa shape index (κ1) is 23.1. The predicted molar refractivity (Wildman–Crippen MR) is 140 cm³/mol. The highest BCUT2D eigenvalue weighted by Crippen LogP contribution is 2.58. The monoisotopic (exact) mass is 498 g/mol. The van der Waals surface area contributed by atoms with E-state index in [1.54, 1.807) is 22.9 Å². The van der Waals surface area contributed by atoms with Crippen molar-refractivity contribution in [3.63, 3.8) is 0 Å². The van der Waals surface area contributed by atoms with E-state index in [2.05, 4.69) is 24.1 Å². The molecule has 6 rings (SSSR count). The summed E-state index contributed by atoms with van der Waals surface area (Å²) in [6.45, 7) is 8.43. The number of carbonyl (C=O) groups is 1. The molecular formula is C29H27FN4O3. The number of anilines is 2. The molecule has 8 heteroatoms. The Kier molecular flexibility index (Phi) is 5.40. The van der Waals surface area contributed by atoms with Gasteiger partial charge in [0.25, 0.3) is 0 Å². The van der Waals surface area contributed by atoms with Crippen LogP contribution in [-0.4, -0.2) is 35.4 Å². The number of nitrogens with one attached hydrogen (secondary N) is 1. The quantitative estimate of drug-likeness (QED) is 0.336. The van der Waals surface area contributed by atoms with Crippen molar-refractivity contribution in [2.45, 2.75) is 26.4 Å². The maximum absolute atomic E-state index is 13.8. The first-order chi connectivity index (χ1) is 18.0. The number of benzene rings is 3. The van der Waals surface area contributed by atoms with E-state index >= 15 is 0 Å². The van der Waals surface area contributed by atoms with Crippen molar-refractivity contribution in [1.82, 2.24) is 9.78 Å². The molecule has 2 aliphatic rings. The van der Waals surface area contributed by atoms with Crippen molar-refractivity contribution in [2.75, 3.05) is 29.9 Å². The maximum atomic E-state index is 13.8. The van der Waals surface area contributed by atoms with Crippen LogP contribution in [0.15, 0.2) is 66.7 Å². The van der Waals surface area contributed by atoms with Crippen molar-refractivity contribution in [1.29, 1.82) is 0 Å². The number of rotatable bonds is 6. The van der Waals surface area contributed by atoms with E-state index in [1.165, 1.54) is 12.1 Å². The molecule has 0 aliphatic carbocycles. The zero-order chi connectivity index (χ0) is 25.7. The van der Waals surface area contributed by atoms with Gasteiger partial charge in [-0.2, -0.15) is 4.68 Å². The van der Waals surface area contributed by atoms with Gasteiger partial charge < -0.3 is 19.7 Å². The Balaban J connectivity index is 1.68. The molecular weight excluding hydrogens is 471 g/mol. The molecule has 1 N–H and O–H groups in total. The summed E-state index contributed by atoms with van der Waals surface area (Å²) in [6, 6.07) is 19.5. The van der Waals surface area contributed by atoms with E-state index in [-0.39, 0.29) is 5.82 Å². The molecule has 0 bridgehead atoms. The third-order valence-corrected chi connectivity index (χ3v) is 7.06. The summed E-state index contributed by atoms with van der Waals surface area (Å²) in [7, 11) is 0. The van der Waals surface area contributed by atoms with Gasteiger partial charge in [0.15, 0.2) is 5.82 Å². The first-order valence-corrected chi connectivity index (χ1v) is 12.5. The number of ether oxygens (including phenoxy) is 2. The molecule has 1 aromatic heterocycles. The van der Waals surface area contributed by atoms with Gasteiger partial charge in [0, 0.05) is 42.5 Å². The highest BCUT2D eigenvalue weighted by atomic mass is 19.1. The zero-order valence-corrected chi connectivity index (χ0v) is 20.9. The van der Waals surface area contributed by atoms with Crippen LogP contribution in [0.25, 0.3) is 5.69 Å². The van der Waals surface area contributed by atoms with Gasteiger partial charge in [-0.3, -0.25) is 0 Å². The molecule has 4 aromatic rings. The van der Waals surface area contributed by atoms with Crippen molar-refractivity contribution in [3.8, 4) is 17.3 Å². The number of esters is 1. The summed E-state index contributed by atoms with van der Waals surface area (Å²) >= 11 is 0. The highest BCUT2D eigenvalue weighted by molar-refractivity contribution is 5.97. The molecule has 0 fully saturated rings. The molecule has 1 unspecified atom stereocenters. The largest absolute Gasteiger partial charge is 0.440 e. The van der Waals surface area contributed by atoms with Crippen molar-refractivity contribution in [3.05, 3.63) is 94.8 Å². The lowest BCUT2D eigenvalue weighted by atomic mass is 9.78. The van der Waals surface area contributed by atoms with Crippen LogP contribution < -0.4 is 15.0 Å². The van der Waals surface area contributed by atoms with E-state index in [9.17, 15) is 9.18 Å². The summed E-state index contributed by atoms with van der Waals surface area (Å²) in [5.41, 5.74) is 2.95. The summed E-state index contributed by atoms with van der Waals surface area (Å²) in [5.74, 6) is 0.773. The van der Waals surface area contributed by atoms with Gasteiger partial charge in [0.05, 0.1) is 11.3 Å². The Morgan fingerprint density at radius 3 is 2.49 bits per heavy atom. The molecule has 188 valence electrons. The number of aromatic nitrogens is 2. The third kappa shape index (κ3) is 3.32. The summed E-state index contributed by atoms with van der Waals surface area (Å²) < 4.78 is 28.3. The average molecular weight is 499 g/mol. The molecule has 7 nitrogen and oxygen atoms in total. The summed E-state index contributed by atoms with van der Waals surface area (Å²) in [4.78, 5) is 15.5. The third-order valence-electron chi connectivity index (χ3n) is 7.06. The van der Waals surface area contributed by atoms with Crippen LogP contribution in [0.2, 0.25) is 0 Å². The number of nitrogens with zero attached hydrogens (tertiary/aromatic N) is 3. The van der Waals surface area contributed by atoms with Gasteiger partial charge >= 0.3 is 5.97 Å². The Morgan fingerprint density at radius 2 is 1.76 bits per heavy atom.